The average Bonchev–Trinajstić information content (AvgIpc) is 3.15. The first-order chi connectivity index (χ1) is 27.0. The van der Waals surface area contributed by atoms with Crippen LogP contribution in [0.3, 0.4) is 0 Å². The molecule has 0 spiro atoms. The molecule has 0 aromatic rings. The van der Waals surface area contributed by atoms with Crippen LogP contribution in [0.15, 0.2) is 122 Å². The summed E-state index contributed by atoms with van der Waals surface area (Å²) in [6.07, 6.45) is 51.1. The quantitative estimate of drug-likeness (QED) is 0.0158. The van der Waals surface area contributed by atoms with E-state index in [-0.39, 0.29) is 26.1 Å². The SMILES string of the molecule is CC/C=C/C=C/C=C/C=C/CCCCCC(=O)OC(COC(=O)CC/C=C/C/C=C/C/C=C/C/C=C/C/C=C/C/C=C/CC)COP(=O)([O-])OCC[N+](C)(C)C. The van der Waals surface area contributed by atoms with Crippen LogP contribution in [0.2, 0.25) is 0 Å². The van der Waals surface area contributed by atoms with Crippen molar-refractivity contribution in [2.75, 3.05) is 47.5 Å². The molecule has 0 aliphatic heterocycles. The summed E-state index contributed by atoms with van der Waals surface area (Å²) in [6, 6.07) is 0. The van der Waals surface area contributed by atoms with Gasteiger partial charge in [0.1, 0.15) is 19.8 Å². The lowest BCUT2D eigenvalue weighted by Crippen LogP contribution is -2.37. The summed E-state index contributed by atoms with van der Waals surface area (Å²) >= 11 is 0. The molecule has 314 valence electrons. The number of unbranched alkanes of at least 4 members (excludes halogenated alkanes) is 3. The van der Waals surface area contributed by atoms with Gasteiger partial charge in [-0.2, -0.15) is 0 Å². The third-order valence-corrected chi connectivity index (χ3v) is 8.55. The Bertz CT molecular complexity index is 1360. The van der Waals surface area contributed by atoms with Crippen molar-refractivity contribution in [1.82, 2.24) is 0 Å². The topological polar surface area (TPSA) is 111 Å². The first-order valence-corrected chi connectivity index (χ1v) is 21.8. The molecule has 2 atom stereocenters. The Morgan fingerprint density at radius 3 is 1.64 bits per heavy atom. The molecule has 0 radical (unpaired) electrons. The fraction of sp³-hybridized carbons (Fsp3) is 0.522. The molecular formula is C46H72NO8P. The van der Waals surface area contributed by atoms with Crippen LogP contribution < -0.4 is 4.89 Å². The predicted octanol–water partition coefficient (Wildman–Crippen LogP) is 10.7. The van der Waals surface area contributed by atoms with E-state index in [1.807, 2.05) is 69.8 Å². The third kappa shape index (κ3) is 40.1. The first kappa shape index (κ1) is 52.4. The summed E-state index contributed by atoms with van der Waals surface area (Å²) in [6.45, 7) is 3.78. The maximum atomic E-state index is 12.6. The smallest absolute Gasteiger partial charge is 0.306 e. The molecule has 0 N–H and O–H groups in total. The van der Waals surface area contributed by atoms with Gasteiger partial charge in [0.15, 0.2) is 6.10 Å². The largest absolute Gasteiger partial charge is 0.756 e. The summed E-state index contributed by atoms with van der Waals surface area (Å²) < 4.78 is 33.7. The molecule has 2 unspecified atom stereocenters. The van der Waals surface area contributed by atoms with E-state index in [1.165, 1.54) is 0 Å². The Balaban J connectivity index is 4.61. The van der Waals surface area contributed by atoms with Crippen molar-refractivity contribution in [3.63, 3.8) is 0 Å². The van der Waals surface area contributed by atoms with Crippen molar-refractivity contribution in [1.29, 1.82) is 0 Å². The molecule has 0 heterocycles. The van der Waals surface area contributed by atoms with Gasteiger partial charge in [0.05, 0.1) is 27.7 Å². The molecule has 0 rings (SSSR count). The molecule has 0 aromatic heterocycles. The van der Waals surface area contributed by atoms with Gasteiger partial charge in [-0.1, -0.05) is 142 Å². The van der Waals surface area contributed by atoms with E-state index in [4.69, 9.17) is 18.5 Å². The summed E-state index contributed by atoms with van der Waals surface area (Å²) in [5.41, 5.74) is 0. The zero-order valence-corrected chi connectivity index (χ0v) is 35.9. The fourth-order valence-corrected chi connectivity index (χ4v) is 5.18. The van der Waals surface area contributed by atoms with Crippen LogP contribution in [0.1, 0.15) is 104 Å². The van der Waals surface area contributed by atoms with Gasteiger partial charge in [0, 0.05) is 12.8 Å². The highest BCUT2D eigenvalue weighted by atomic mass is 31.2. The Morgan fingerprint density at radius 1 is 0.571 bits per heavy atom. The average molecular weight is 798 g/mol. The van der Waals surface area contributed by atoms with E-state index in [9.17, 15) is 19.0 Å². The number of carbonyl (C=O) groups excluding carboxylic acids is 2. The molecule has 9 nitrogen and oxygen atoms in total. The highest BCUT2D eigenvalue weighted by Gasteiger charge is 2.21. The fourth-order valence-electron chi connectivity index (χ4n) is 4.45. The number of allylic oxidation sites excluding steroid dienone is 20. The molecule has 0 saturated carbocycles. The van der Waals surface area contributed by atoms with Crippen LogP contribution in [0, 0.1) is 0 Å². The van der Waals surface area contributed by atoms with E-state index >= 15 is 0 Å². The van der Waals surface area contributed by atoms with E-state index in [0.29, 0.717) is 23.9 Å². The van der Waals surface area contributed by atoms with Gasteiger partial charge < -0.3 is 27.9 Å². The van der Waals surface area contributed by atoms with Gasteiger partial charge in [0.2, 0.25) is 0 Å². The number of carbonyl (C=O) groups is 2. The lowest BCUT2D eigenvalue weighted by molar-refractivity contribution is -0.870. The molecule has 0 aliphatic carbocycles. The van der Waals surface area contributed by atoms with Gasteiger partial charge in [-0.3, -0.25) is 14.2 Å². The van der Waals surface area contributed by atoms with E-state index in [2.05, 4.69) is 86.8 Å². The number of esters is 2. The Kier molecular flexibility index (Phi) is 34.6. The first-order valence-electron chi connectivity index (χ1n) is 20.3. The van der Waals surface area contributed by atoms with Crippen LogP contribution >= 0.6 is 7.82 Å². The van der Waals surface area contributed by atoms with Gasteiger partial charge in [-0.05, 0) is 70.6 Å². The van der Waals surface area contributed by atoms with Crippen molar-refractivity contribution < 1.29 is 42.1 Å². The summed E-state index contributed by atoms with van der Waals surface area (Å²) in [4.78, 5) is 37.4. The maximum absolute atomic E-state index is 12.6. The lowest BCUT2D eigenvalue weighted by Gasteiger charge is -2.28. The minimum atomic E-state index is -4.66. The highest BCUT2D eigenvalue weighted by Crippen LogP contribution is 2.38. The highest BCUT2D eigenvalue weighted by molar-refractivity contribution is 7.45. The molecule has 0 amide bonds. The Morgan fingerprint density at radius 2 is 1.09 bits per heavy atom. The van der Waals surface area contributed by atoms with E-state index in [1.54, 1.807) is 0 Å². The van der Waals surface area contributed by atoms with Crippen molar-refractivity contribution in [3.8, 4) is 0 Å². The van der Waals surface area contributed by atoms with Gasteiger partial charge in [-0.15, -0.1) is 0 Å². The van der Waals surface area contributed by atoms with Crippen LogP contribution in [0.5, 0.6) is 0 Å². The van der Waals surface area contributed by atoms with Crippen molar-refractivity contribution >= 4 is 19.8 Å². The summed E-state index contributed by atoms with van der Waals surface area (Å²) in [5.74, 6) is -0.996. The molecule has 0 fully saturated rings. The number of nitrogens with zero attached hydrogens (tertiary/aromatic N) is 1. The monoisotopic (exact) mass is 797 g/mol. The van der Waals surface area contributed by atoms with Crippen LogP contribution in [0.25, 0.3) is 0 Å². The van der Waals surface area contributed by atoms with Crippen molar-refractivity contribution in [2.24, 2.45) is 0 Å². The predicted molar refractivity (Wildman–Crippen MR) is 231 cm³/mol. The van der Waals surface area contributed by atoms with Crippen LogP contribution in [-0.2, 0) is 32.7 Å². The number of hydrogen-bond donors (Lipinski definition) is 0. The summed E-state index contributed by atoms with van der Waals surface area (Å²) in [5, 5.41) is 0. The molecule has 0 aromatic carbocycles. The minimum absolute atomic E-state index is 0.0581. The second-order valence-corrected chi connectivity index (χ2v) is 15.4. The summed E-state index contributed by atoms with van der Waals surface area (Å²) in [7, 11) is 1.07. The van der Waals surface area contributed by atoms with Gasteiger partial charge in [0.25, 0.3) is 7.82 Å². The number of hydrogen-bond acceptors (Lipinski definition) is 8. The maximum Gasteiger partial charge on any atom is 0.306 e. The minimum Gasteiger partial charge on any atom is -0.756 e. The second-order valence-electron chi connectivity index (χ2n) is 14.0. The van der Waals surface area contributed by atoms with Gasteiger partial charge >= 0.3 is 11.9 Å². The Hall–Kier alpha value is -3.59. The van der Waals surface area contributed by atoms with Crippen LogP contribution in [0.4, 0.5) is 0 Å². The van der Waals surface area contributed by atoms with Crippen LogP contribution in [-0.4, -0.2) is 70.0 Å². The molecule has 0 aliphatic rings. The number of ether oxygens (including phenoxy) is 2. The normalized spacial score (nSPS) is 14.9. The molecule has 56 heavy (non-hydrogen) atoms. The van der Waals surface area contributed by atoms with Gasteiger partial charge in [-0.25, -0.2) is 0 Å². The molecular weight excluding hydrogens is 725 g/mol. The third-order valence-electron chi connectivity index (χ3n) is 7.59. The van der Waals surface area contributed by atoms with Crippen molar-refractivity contribution in [2.45, 2.75) is 110 Å². The van der Waals surface area contributed by atoms with Crippen molar-refractivity contribution in [3.05, 3.63) is 122 Å². The number of quaternary nitrogens is 1. The van der Waals surface area contributed by atoms with E-state index in [0.717, 1.165) is 64.2 Å². The zero-order valence-electron chi connectivity index (χ0n) is 35.0. The molecule has 10 heteroatoms. The zero-order chi connectivity index (χ0) is 41.4. The number of likely N-dealkylation sites (N-methyl/N-ethyl adjacent to an activating group) is 1. The number of phosphoric ester groups is 1. The lowest BCUT2D eigenvalue weighted by atomic mass is 10.1. The number of phosphoric acid groups is 1. The van der Waals surface area contributed by atoms with E-state index < -0.39 is 32.5 Å². The Labute approximate surface area is 339 Å². The molecule has 0 bridgehead atoms. The second kappa shape index (κ2) is 37.0. The standard InChI is InChI=1S/C46H72NO8P/c1-6-8-10-12-14-16-18-20-21-22-23-24-25-27-28-30-32-34-36-38-45(48)52-42-44(43-54-56(50,51)53-41-40-47(3,4)5)55-46(49)39-37-35-33-31-29-26-19-17-15-13-11-9-7-2/h8-11,13-17,19-21,23-24,26-29,32,34,44H,6-7,12,18,22,25,30-31,33,35-43H2,1-5H3/b10-8+,11-9+,15-13+,16-14+,19-17+,21-20+,24-23+,28-27+,29-26+,34-32+. The molecule has 0 saturated heterocycles. The number of rotatable bonds is 34.